The van der Waals surface area contributed by atoms with Gasteiger partial charge < -0.3 is 0 Å². The molecule has 0 N–H and O–H groups in total. The largest absolute Gasteiger partial charge is 0.272 e. The van der Waals surface area contributed by atoms with Crippen LogP contribution in [0, 0.1) is 15.5 Å². The van der Waals surface area contributed by atoms with Crippen molar-refractivity contribution < 1.29 is 4.92 Å². The summed E-state index contributed by atoms with van der Waals surface area (Å²) in [6.45, 7) is 6.32. The van der Waals surface area contributed by atoms with Crippen LogP contribution >= 0.6 is 11.6 Å². The molecule has 4 heteroatoms. The van der Waals surface area contributed by atoms with Crippen LogP contribution < -0.4 is 0 Å². The average molecular weight is 270 g/mol. The van der Waals surface area contributed by atoms with Gasteiger partial charge in [-0.25, -0.2) is 0 Å². The summed E-state index contributed by atoms with van der Waals surface area (Å²) >= 11 is 6.29. The first kappa shape index (κ1) is 15.0. The minimum Gasteiger partial charge on any atom is -0.258 e. The lowest BCUT2D eigenvalue weighted by atomic mass is 9.88. The predicted octanol–water partition coefficient (Wildman–Crippen LogP) is 4.57. The van der Waals surface area contributed by atoms with Crippen LogP contribution in [-0.2, 0) is 6.42 Å². The fraction of sp³-hybridized carbons (Fsp3) is 0.571. The van der Waals surface area contributed by atoms with Gasteiger partial charge in [0.1, 0.15) is 0 Å². The molecule has 0 amide bonds. The molecule has 1 aromatic carbocycles. The Labute approximate surface area is 113 Å². The molecule has 1 rings (SSSR count). The second kappa shape index (κ2) is 6.19. The second-order valence-corrected chi connectivity index (χ2v) is 6.14. The molecule has 0 fully saturated rings. The van der Waals surface area contributed by atoms with E-state index in [9.17, 15) is 10.1 Å². The molecule has 0 radical (unpaired) electrons. The molecule has 3 nitrogen and oxygen atoms in total. The molecule has 0 bridgehead atoms. The van der Waals surface area contributed by atoms with E-state index in [0.29, 0.717) is 6.42 Å². The third kappa shape index (κ3) is 4.30. The van der Waals surface area contributed by atoms with Crippen LogP contribution in [0.25, 0.3) is 0 Å². The number of nitro benzene ring substituents is 1. The maximum absolute atomic E-state index is 10.9. The van der Waals surface area contributed by atoms with Gasteiger partial charge >= 0.3 is 0 Å². The Morgan fingerprint density at radius 1 is 1.33 bits per heavy atom. The number of hydrogen-bond donors (Lipinski definition) is 0. The molecule has 1 unspecified atom stereocenters. The molecule has 0 saturated carbocycles. The maximum Gasteiger partial charge on any atom is 0.272 e. The molecule has 0 spiro atoms. The van der Waals surface area contributed by atoms with Crippen molar-refractivity contribution >= 4 is 17.3 Å². The number of nitro groups is 1. The zero-order valence-electron chi connectivity index (χ0n) is 11.1. The predicted molar refractivity (Wildman–Crippen MR) is 75.1 cm³/mol. The van der Waals surface area contributed by atoms with Crippen LogP contribution in [0.5, 0.6) is 0 Å². The quantitative estimate of drug-likeness (QED) is 0.446. The molecule has 0 saturated heterocycles. The van der Waals surface area contributed by atoms with Crippen LogP contribution in [0.1, 0.15) is 39.2 Å². The number of nitrogens with zero attached hydrogens (tertiary/aromatic N) is 1. The van der Waals surface area contributed by atoms with Gasteiger partial charge in [0.15, 0.2) is 0 Å². The second-order valence-electron chi connectivity index (χ2n) is 5.61. The van der Waals surface area contributed by atoms with Crippen molar-refractivity contribution in [2.24, 2.45) is 5.41 Å². The van der Waals surface area contributed by atoms with E-state index < -0.39 is 0 Å². The maximum atomic E-state index is 10.9. The van der Waals surface area contributed by atoms with Gasteiger partial charge in [0.05, 0.1) is 4.92 Å². The Morgan fingerprint density at radius 3 is 2.50 bits per heavy atom. The SMILES string of the molecule is CC(C)(C)C(Cl)CCCc1ccccc1[N+](=O)[O-]. The third-order valence-corrected chi connectivity index (χ3v) is 3.90. The summed E-state index contributed by atoms with van der Waals surface area (Å²) in [7, 11) is 0. The normalized spacial score (nSPS) is 13.3. The Morgan fingerprint density at radius 2 is 1.94 bits per heavy atom. The first-order valence-electron chi connectivity index (χ1n) is 6.18. The third-order valence-electron chi connectivity index (χ3n) is 3.03. The van der Waals surface area contributed by atoms with Gasteiger partial charge in [-0.05, 0) is 24.7 Å². The Hall–Kier alpha value is -1.09. The van der Waals surface area contributed by atoms with Gasteiger partial charge in [0, 0.05) is 17.0 Å². The number of aryl methyl sites for hydroxylation is 1. The molecule has 1 atom stereocenters. The van der Waals surface area contributed by atoms with Crippen LogP contribution in [-0.4, -0.2) is 10.3 Å². The molecule has 100 valence electrons. The molecule has 0 aliphatic carbocycles. The standard InChI is InChI=1S/C14H20ClNO2/c1-14(2,3)13(15)10-6-8-11-7-4-5-9-12(11)16(17)18/h4-5,7,9,13H,6,8,10H2,1-3H3. The highest BCUT2D eigenvalue weighted by molar-refractivity contribution is 6.21. The van der Waals surface area contributed by atoms with E-state index in [-0.39, 0.29) is 21.4 Å². The fourth-order valence-electron chi connectivity index (χ4n) is 1.81. The molecule has 18 heavy (non-hydrogen) atoms. The molecule has 0 aliphatic rings. The van der Waals surface area contributed by atoms with Gasteiger partial charge in [-0.1, -0.05) is 39.0 Å². The van der Waals surface area contributed by atoms with Crippen molar-refractivity contribution in [3.8, 4) is 0 Å². The molecular weight excluding hydrogens is 250 g/mol. The van der Waals surface area contributed by atoms with Crippen molar-refractivity contribution in [2.75, 3.05) is 0 Å². The molecule has 0 aromatic heterocycles. The van der Waals surface area contributed by atoms with Crippen molar-refractivity contribution in [3.05, 3.63) is 39.9 Å². The first-order chi connectivity index (χ1) is 8.32. The van der Waals surface area contributed by atoms with E-state index in [2.05, 4.69) is 20.8 Å². The summed E-state index contributed by atoms with van der Waals surface area (Å²) < 4.78 is 0. The lowest BCUT2D eigenvalue weighted by molar-refractivity contribution is -0.385. The minimum absolute atomic E-state index is 0.0736. The fourth-order valence-corrected chi connectivity index (χ4v) is 1.96. The molecular formula is C14H20ClNO2. The summed E-state index contributed by atoms with van der Waals surface area (Å²) in [6.07, 6.45) is 2.45. The number of rotatable bonds is 5. The van der Waals surface area contributed by atoms with E-state index in [1.165, 1.54) is 0 Å². The summed E-state index contributed by atoms with van der Waals surface area (Å²) in [6, 6.07) is 6.90. The molecule has 0 heterocycles. The van der Waals surface area contributed by atoms with Crippen molar-refractivity contribution in [3.63, 3.8) is 0 Å². The monoisotopic (exact) mass is 269 g/mol. The average Bonchev–Trinajstić information content (AvgIpc) is 2.28. The van der Waals surface area contributed by atoms with Gasteiger partial charge in [-0.3, -0.25) is 10.1 Å². The minimum atomic E-state index is -0.322. The zero-order chi connectivity index (χ0) is 13.8. The topological polar surface area (TPSA) is 43.1 Å². The zero-order valence-corrected chi connectivity index (χ0v) is 11.9. The van der Waals surface area contributed by atoms with Crippen LogP contribution in [0.2, 0.25) is 0 Å². The number of halogens is 1. The van der Waals surface area contributed by atoms with Crippen LogP contribution in [0.3, 0.4) is 0 Å². The molecule has 0 aliphatic heterocycles. The number of para-hydroxylation sites is 1. The number of benzene rings is 1. The first-order valence-corrected chi connectivity index (χ1v) is 6.62. The van der Waals surface area contributed by atoms with Crippen LogP contribution in [0.4, 0.5) is 5.69 Å². The highest BCUT2D eigenvalue weighted by Crippen LogP contribution is 2.29. The Balaban J connectivity index is 2.57. The number of alkyl halides is 1. The van der Waals surface area contributed by atoms with Gasteiger partial charge in [0.25, 0.3) is 5.69 Å². The van der Waals surface area contributed by atoms with Crippen molar-refractivity contribution in [1.29, 1.82) is 0 Å². The summed E-state index contributed by atoms with van der Waals surface area (Å²) in [5.74, 6) is 0. The lowest BCUT2D eigenvalue weighted by Crippen LogP contribution is -2.20. The van der Waals surface area contributed by atoms with E-state index in [1.807, 2.05) is 12.1 Å². The smallest absolute Gasteiger partial charge is 0.258 e. The van der Waals surface area contributed by atoms with Crippen LogP contribution in [0.15, 0.2) is 24.3 Å². The lowest BCUT2D eigenvalue weighted by Gasteiger charge is -2.24. The Bertz CT molecular complexity index is 413. The summed E-state index contributed by atoms with van der Waals surface area (Å²) in [5, 5.41) is 11.0. The van der Waals surface area contributed by atoms with Gasteiger partial charge in [0.2, 0.25) is 0 Å². The van der Waals surface area contributed by atoms with Gasteiger partial charge in [-0.15, -0.1) is 11.6 Å². The highest BCUT2D eigenvalue weighted by atomic mass is 35.5. The van der Waals surface area contributed by atoms with E-state index >= 15 is 0 Å². The van der Waals surface area contributed by atoms with E-state index in [0.717, 1.165) is 18.4 Å². The number of hydrogen-bond acceptors (Lipinski definition) is 2. The van der Waals surface area contributed by atoms with Gasteiger partial charge in [-0.2, -0.15) is 0 Å². The van der Waals surface area contributed by atoms with Crippen molar-refractivity contribution in [1.82, 2.24) is 0 Å². The summed E-state index contributed by atoms with van der Waals surface area (Å²) in [4.78, 5) is 10.5. The van der Waals surface area contributed by atoms with Crippen molar-refractivity contribution in [2.45, 2.75) is 45.4 Å². The molecule has 1 aromatic rings. The van der Waals surface area contributed by atoms with E-state index in [1.54, 1.807) is 12.1 Å². The highest BCUT2D eigenvalue weighted by Gasteiger charge is 2.22. The summed E-state index contributed by atoms with van der Waals surface area (Å²) in [5.41, 5.74) is 1.07. The van der Waals surface area contributed by atoms with E-state index in [4.69, 9.17) is 11.6 Å². The Kier molecular flexibility index (Phi) is 5.15.